The number of hydrogen-bond donors (Lipinski definition) is 1. The summed E-state index contributed by atoms with van der Waals surface area (Å²) in [5, 5.41) is 3.40. The first-order valence-corrected chi connectivity index (χ1v) is 7.89. The van der Waals surface area contributed by atoms with Crippen molar-refractivity contribution >= 4 is 0 Å². The molecule has 0 atom stereocenters. The van der Waals surface area contributed by atoms with E-state index in [-0.39, 0.29) is 0 Å². The lowest BCUT2D eigenvalue weighted by Gasteiger charge is -2.24. The van der Waals surface area contributed by atoms with E-state index in [0.29, 0.717) is 0 Å². The molecule has 0 aliphatic carbocycles. The van der Waals surface area contributed by atoms with Crippen molar-refractivity contribution in [3.63, 3.8) is 0 Å². The van der Waals surface area contributed by atoms with Crippen molar-refractivity contribution in [2.24, 2.45) is 0 Å². The van der Waals surface area contributed by atoms with Crippen LogP contribution in [0, 0.1) is 0 Å². The highest BCUT2D eigenvalue weighted by Crippen LogP contribution is 2.14. The molecule has 0 radical (unpaired) electrons. The molecule has 0 spiro atoms. The average molecular weight is 260 g/mol. The van der Waals surface area contributed by atoms with E-state index < -0.39 is 0 Å². The molecule has 2 rings (SSSR count). The van der Waals surface area contributed by atoms with Gasteiger partial charge in [-0.05, 0) is 43.6 Å². The first kappa shape index (κ1) is 14.5. The molecule has 2 heteroatoms. The van der Waals surface area contributed by atoms with Crippen molar-refractivity contribution in [3.05, 3.63) is 35.4 Å². The van der Waals surface area contributed by atoms with Crippen LogP contribution in [0.2, 0.25) is 0 Å². The number of rotatable bonds is 5. The molecule has 1 saturated heterocycles. The number of likely N-dealkylation sites (tertiary alicyclic amines) is 1. The largest absolute Gasteiger partial charge is 0.313 e. The lowest BCUT2D eigenvalue weighted by molar-refractivity contribution is 0.240. The number of hydrogen-bond acceptors (Lipinski definition) is 2. The lowest BCUT2D eigenvalue weighted by Crippen LogP contribution is -2.26. The molecule has 0 saturated carbocycles. The third-order valence-electron chi connectivity index (χ3n) is 3.93. The second-order valence-electron chi connectivity index (χ2n) is 5.64. The van der Waals surface area contributed by atoms with Gasteiger partial charge in [0, 0.05) is 13.1 Å². The quantitative estimate of drug-likeness (QED) is 0.871. The van der Waals surface area contributed by atoms with Crippen LogP contribution in [0.4, 0.5) is 0 Å². The van der Waals surface area contributed by atoms with Gasteiger partial charge in [-0.1, -0.05) is 50.5 Å². The van der Waals surface area contributed by atoms with Crippen LogP contribution in [-0.4, -0.2) is 24.5 Å². The Bertz CT molecular complexity index is 354. The first-order chi connectivity index (χ1) is 9.38. The summed E-state index contributed by atoms with van der Waals surface area (Å²) < 4.78 is 0. The third-order valence-corrected chi connectivity index (χ3v) is 3.93. The van der Waals surface area contributed by atoms with Gasteiger partial charge in [0.05, 0.1) is 0 Å². The van der Waals surface area contributed by atoms with Gasteiger partial charge in [0.2, 0.25) is 0 Å². The zero-order valence-corrected chi connectivity index (χ0v) is 12.3. The summed E-state index contributed by atoms with van der Waals surface area (Å²) in [6.07, 6.45) is 7.01. The lowest BCUT2D eigenvalue weighted by atomic mass is 10.1. The smallest absolute Gasteiger partial charge is 0.0233 e. The highest BCUT2D eigenvalue weighted by Gasteiger charge is 2.08. The maximum Gasteiger partial charge on any atom is 0.0233 e. The summed E-state index contributed by atoms with van der Waals surface area (Å²) in [6.45, 7) is 7.86. The van der Waals surface area contributed by atoms with Crippen molar-refractivity contribution in [2.75, 3.05) is 19.6 Å². The molecule has 1 aliphatic heterocycles. The summed E-state index contributed by atoms with van der Waals surface area (Å²) in [5.74, 6) is 0. The molecule has 2 nitrogen and oxygen atoms in total. The molecule has 0 aromatic heterocycles. The van der Waals surface area contributed by atoms with Crippen LogP contribution in [0.5, 0.6) is 0 Å². The van der Waals surface area contributed by atoms with Gasteiger partial charge < -0.3 is 5.32 Å². The van der Waals surface area contributed by atoms with Crippen molar-refractivity contribution in [1.29, 1.82) is 0 Å². The van der Waals surface area contributed by atoms with Gasteiger partial charge in [0.25, 0.3) is 0 Å². The fourth-order valence-electron chi connectivity index (χ4n) is 2.84. The highest BCUT2D eigenvalue weighted by atomic mass is 15.1. The average Bonchev–Trinajstić information content (AvgIpc) is 2.40. The van der Waals surface area contributed by atoms with Crippen molar-refractivity contribution in [3.8, 4) is 0 Å². The molecular weight excluding hydrogens is 232 g/mol. The minimum absolute atomic E-state index is 0.990. The fourth-order valence-corrected chi connectivity index (χ4v) is 2.84. The molecule has 0 amide bonds. The Kier molecular flexibility index (Phi) is 6.38. The Balaban J connectivity index is 1.89. The molecule has 1 aliphatic rings. The Labute approximate surface area is 118 Å². The van der Waals surface area contributed by atoms with Gasteiger partial charge in [-0.3, -0.25) is 4.90 Å². The molecule has 1 aromatic carbocycles. The van der Waals surface area contributed by atoms with E-state index in [4.69, 9.17) is 0 Å². The van der Waals surface area contributed by atoms with E-state index in [0.717, 1.165) is 19.6 Å². The van der Waals surface area contributed by atoms with E-state index in [1.807, 2.05) is 0 Å². The summed E-state index contributed by atoms with van der Waals surface area (Å²) in [7, 11) is 0. The number of nitrogens with zero attached hydrogens (tertiary/aromatic N) is 1. The minimum atomic E-state index is 0.990. The van der Waals surface area contributed by atoms with E-state index in [2.05, 4.69) is 41.4 Å². The minimum Gasteiger partial charge on any atom is -0.313 e. The van der Waals surface area contributed by atoms with Gasteiger partial charge in [-0.25, -0.2) is 0 Å². The predicted molar refractivity (Wildman–Crippen MR) is 82.2 cm³/mol. The Morgan fingerprint density at radius 1 is 1.00 bits per heavy atom. The number of benzene rings is 1. The van der Waals surface area contributed by atoms with E-state index in [1.165, 1.54) is 56.3 Å². The van der Waals surface area contributed by atoms with Crippen molar-refractivity contribution < 1.29 is 0 Å². The van der Waals surface area contributed by atoms with E-state index in [9.17, 15) is 0 Å². The summed E-state index contributed by atoms with van der Waals surface area (Å²) in [5.41, 5.74) is 2.88. The van der Waals surface area contributed by atoms with Crippen LogP contribution < -0.4 is 5.32 Å². The molecule has 0 unspecified atom stereocenters. The molecule has 1 N–H and O–H groups in total. The zero-order valence-electron chi connectivity index (χ0n) is 12.3. The van der Waals surface area contributed by atoms with Crippen LogP contribution in [0.3, 0.4) is 0 Å². The first-order valence-electron chi connectivity index (χ1n) is 7.89. The SMILES string of the molecule is CCNCc1cccc(CN2CCCCCCC2)c1. The van der Waals surface area contributed by atoms with E-state index >= 15 is 0 Å². The fraction of sp³-hybridized carbons (Fsp3) is 0.647. The normalized spacial score (nSPS) is 17.9. The zero-order chi connectivity index (χ0) is 13.3. The molecular formula is C17H28N2. The molecule has 1 fully saturated rings. The predicted octanol–water partition coefficient (Wildman–Crippen LogP) is 3.56. The monoisotopic (exact) mass is 260 g/mol. The third kappa shape index (κ3) is 5.33. The van der Waals surface area contributed by atoms with Gasteiger partial charge in [0.15, 0.2) is 0 Å². The molecule has 1 heterocycles. The Morgan fingerprint density at radius 3 is 2.42 bits per heavy atom. The molecule has 0 bridgehead atoms. The summed E-state index contributed by atoms with van der Waals surface area (Å²) in [6, 6.07) is 9.06. The van der Waals surface area contributed by atoms with Gasteiger partial charge in [0.1, 0.15) is 0 Å². The van der Waals surface area contributed by atoms with Crippen LogP contribution >= 0.6 is 0 Å². The van der Waals surface area contributed by atoms with Crippen LogP contribution in [0.25, 0.3) is 0 Å². The topological polar surface area (TPSA) is 15.3 Å². The second kappa shape index (κ2) is 8.34. The summed E-state index contributed by atoms with van der Waals surface area (Å²) >= 11 is 0. The molecule has 106 valence electrons. The highest BCUT2D eigenvalue weighted by molar-refractivity contribution is 5.23. The van der Waals surface area contributed by atoms with Crippen LogP contribution in [0.15, 0.2) is 24.3 Å². The van der Waals surface area contributed by atoms with Crippen molar-refractivity contribution in [2.45, 2.75) is 52.1 Å². The van der Waals surface area contributed by atoms with Crippen LogP contribution in [0.1, 0.15) is 50.2 Å². The van der Waals surface area contributed by atoms with Gasteiger partial charge in [-0.2, -0.15) is 0 Å². The Morgan fingerprint density at radius 2 is 1.68 bits per heavy atom. The van der Waals surface area contributed by atoms with Crippen molar-refractivity contribution in [1.82, 2.24) is 10.2 Å². The standard InChI is InChI=1S/C17H28N2/c1-2-18-14-16-9-8-10-17(13-16)15-19-11-6-4-3-5-7-12-19/h8-10,13,18H,2-7,11-12,14-15H2,1H3. The maximum absolute atomic E-state index is 3.40. The van der Waals surface area contributed by atoms with Gasteiger partial charge >= 0.3 is 0 Å². The van der Waals surface area contributed by atoms with E-state index in [1.54, 1.807) is 0 Å². The Hall–Kier alpha value is -0.860. The molecule has 1 aromatic rings. The molecule has 19 heavy (non-hydrogen) atoms. The van der Waals surface area contributed by atoms with Crippen LogP contribution in [-0.2, 0) is 13.1 Å². The summed E-state index contributed by atoms with van der Waals surface area (Å²) in [4.78, 5) is 2.63. The maximum atomic E-state index is 3.40. The number of nitrogens with one attached hydrogen (secondary N) is 1. The second-order valence-corrected chi connectivity index (χ2v) is 5.64. The van der Waals surface area contributed by atoms with Gasteiger partial charge in [-0.15, -0.1) is 0 Å².